The molecule has 0 amide bonds. The van der Waals surface area contributed by atoms with Gasteiger partial charge in [0.2, 0.25) is 0 Å². The van der Waals surface area contributed by atoms with Gasteiger partial charge in [-0.25, -0.2) is 47.9 Å². The van der Waals surface area contributed by atoms with Crippen molar-refractivity contribution in [3.8, 4) is 0 Å². The van der Waals surface area contributed by atoms with Crippen LogP contribution < -0.4 is 0 Å². The molecule has 5 aliphatic rings. The normalized spacial score (nSPS) is 13.5. The number of alkyl halides is 2. The Bertz CT molecular complexity index is 4340. The number of esters is 12. The van der Waals surface area contributed by atoms with E-state index >= 15 is 0 Å². The van der Waals surface area contributed by atoms with E-state index in [1.807, 2.05) is 0 Å². The fourth-order valence-corrected chi connectivity index (χ4v) is 10.8. The Balaban J connectivity index is -0.000000720. The molecule has 36 nitrogen and oxygen atoms in total. The zero-order valence-electron chi connectivity index (χ0n) is 80.9. The lowest BCUT2D eigenvalue weighted by Gasteiger charge is -2.23. The van der Waals surface area contributed by atoms with Crippen molar-refractivity contribution in [2.75, 3.05) is 98.9 Å². The van der Waals surface area contributed by atoms with Gasteiger partial charge in [-0.1, -0.05) is 151 Å². The zero-order valence-corrected chi connectivity index (χ0v) is 83.3. The molecule has 2 unspecified atom stereocenters. The highest BCUT2D eigenvalue weighted by Gasteiger charge is 2.35. The van der Waals surface area contributed by atoms with Crippen LogP contribution in [0.4, 0.5) is 0 Å². The van der Waals surface area contributed by atoms with E-state index in [2.05, 4.69) is 124 Å². The van der Waals surface area contributed by atoms with Crippen LogP contribution in [-0.2, 0) is 167 Å². The van der Waals surface area contributed by atoms with E-state index in [1.165, 1.54) is 41.2 Å². The van der Waals surface area contributed by atoms with Gasteiger partial charge in [-0.05, 0) is 140 Å². The summed E-state index contributed by atoms with van der Waals surface area (Å²) in [5.74, 6) is -10.3. The molecule has 4 saturated carbocycles. The van der Waals surface area contributed by atoms with Gasteiger partial charge in [-0.15, -0.1) is 11.6 Å². The maximum Gasteiger partial charge on any atom is 0.341 e. The van der Waals surface area contributed by atoms with Crippen LogP contribution in [0.1, 0.15) is 203 Å². The standard InChI is InChI=1S/C15H16O4.C11H16O3.C11H18O3.C10H12O5.C10H14O3.C9H12O5.C9H12O3.C8H11BrO3.C8H11ClO3.C8H12O4/c1-11(14(16)12-6-3-2-4-7-12)15(17)19-10-13-8-5-9-18-13;1-3-14-11(13)8(2)10(12)9-6-4-5-7-9;1-2-14-11(13)8-10(12)9-6-4-3-5-7-9;1-4-9(12)14-5-6-15-10(13)7(2)8(3)11;1-3-13-10(12)7(2)9(11)8-5-4-6-8;1-6(7(2)10)9(12)14-5-4-13-8(3)11;1-3-12-9(11)6(2)8(10)7-4-5-7;1-4-12-8(11)5(2)7(10)6(3)9;1-5(2)12-8(11)6(3)7(10)4-9;1-6(7(2)9)8(10)12-5-4-11-3/h2-4,6-7,13H,1,5,8-10H2;9H,2-7H2,1H3;9H,2-8H2,1H3;4H,1-2,5-6H2,3H3;8H,2-6H2,1H3;1,4-5H2,2-3H3;7H,2-5H2,1H3;6H,2,4H2,1,3H3;5H,3-4H2,1-2H3;1,4-5H2,2-3H3. The quantitative estimate of drug-likeness (QED) is 0.00855. The summed E-state index contributed by atoms with van der Waals surface area (Å²) in [6.07, 6.45) is 16.5. The molecule has 137 heavy (non-hydrogen) atoms. The molecule has 2 atom stereocenters. The number of hydrogen-bond donors (Lipinski definition) is 0. The summed E-state index contributed by atoms with van der Waals surface area (Å²) in [5, 5.41) is 0. The van der Waals surface area contributed by atoms with Crippen LogP contribution in [-0.4, -0.2) is 245 Å². The third kappa shape index (κ3) is 60.7. The van der Waals surface area contributed by atoms with E-state index in [4.69, 9.17) is 35.3 Å². The summed E-state index contributed by atoms with van der Waals surface area (Å²) in [6, 6.07) is 8.55. The highest BCUT2D eigenvalue weighted by molar-refractivity contribution is 9.10. The molecule has 1 aromatic carbocycles. The number of carbonyl (C=O) groups is 22. The van der Waals surface area contributed by atoms with Crippen LogP contribution in [0.25, 0.3) is 0 Å². The molecule has 1 saturated heterocycles. The van der Waals surface area contributed by atoms with Crippen LogP contribution in [0.2, 0.25) is 0 Å². The first kappa shape index (κ1) is 131. The molecule has 5 fully saturated rings. The highest BCUT2D eigenvalue weighted by atomic mass is 79.9. The summed E-state index contributed by atoms with van der Waals surface area (Å²) in [5.41, 5.74) is -0.584. The lowest BCUT2D eigenvalue weighted by atomic mass is 9.80. The van der Waals surface area contributed by atoms with E-state index in [0.29, 0.717) is 25.4 Å². The van der Waals surface area contributed by atoms with Crippen LogP contribution in [0.5, 0.6) is 0 Å². The number of hydrogen-bond acceptors (Lipinski definition) is 36. The Morgan fingerprint density at radius 1 is 0.401 bits per heavy atom. The number of methoxy groups -OCH3 is 1. The predicted octanol–water partition coefficient (Wildman–Crippen LogP) is 12.4. The first-order chi connectivity index (χ1) is 64.4. The van der Waals surface area contributed by atoms with Crippen molar-refractivity contribution in [1.29, 1.82) is 0 Å². The summed E-state index contributed by atoms with van der Waals surface area (Å²) in [6.45, 7) is 54.4. The van der Waals surface area contributed by atoms with Gasteiger partial charge in [0.1, 0.15) is 57.4 Å². The first-order valence-electron chi connectivity index (χ1n) is 44.0. The number of carbonyl (C=O) groups excluding carboxylic acids is 22. The van der Waals surface area contributed by atoms with Crippen molar-refractivity contribution in [1.82, 2.24) is 0 Å². The first-order valence-corrected chi connectivity index (χ1v) is 45.4. The van der Waals surface area contributed by atoms with Crippen LogP contribution in [0.3, 0.4) is 0 Å². The minimum absolute atomic E-state index is 0.000602. The minimum Gasteiger partial charge on any atom is -0.466 e. The van der Waals surface area contributed by atoms with Crippen molar-refractivity contribution in [3.63, 3.8) is 0 Å². The molecule has 6 rings (SSSR count). The fourth-order valence-electron chi connectivity index (χ4n) is 10.3. The van der Waals surface area contributed by atoms with Crippen LogP contribution in [0.15, 0.2) is 152 Å². The highest BCUT2D eigenvalue weighted by Crippen LogP contribution is 2.33. The average molecular weight is 2020 g/mol. The van der Waals surface area contributed by atoms with Crippen LogP contribution >= 0.6 is 27.5 Å². The lowest BCUT2D eigenvalue weighted by Crippen LogP contribution is -2.27. The second kappa shape index (κ2) is 76.8. The van der Waals surface area contributed by atoms with Crippen molar-refractivity contribution < 1.29 is 172 Å². The number of benzene rings is 1. The molecule has 0 radical (unpaired) electrons. The van der Waals surface area contributed by atoms with Gasteiger partial charge in [-0.3, -0.25) is 57.5 Å². The number of rotatable bonds is 45. The Morgan fingerprint density at radius 2 is 0.759 bits per heavy atom. The molecule has 0 spiro atoms. The Morgan fingerprint density at radius 3 is 1.09 bits per heavy atom. The van der Waals surface area contributed by atoms with Crippen molar-refractivity contribution in [3.05, 3.63) is 158 Å². The summed E-state index contributed by atoms with van der Waals surface area (Å²) >= 11 is 8.25. The summed E-state index contributed by atoms with van der Waals surface area (Å²) < 4.78 is 66.0. The van der Waals surface area contributed by atoms with E-state index in [9.17, 15) is 105 Å². The topological polar surface area (TPSA) is 505 Å². The van der Waals surface area contributed by atoms with E-state index in [0.717, 1.165) is 102 Å². The molecule has 1 heterocycles. The monoisotopic (exact) mass is 2010 g/mol. The second-order valence-electron chi connectivity index (χ2n) is 29.6. The SMILES string of the molecule is C=C(C(=O)CCl)C(=O)OC(C)C.C=C(C(=O)OCC)C(=O)C(C)Br.C=C(C(=O)OCC)C(=O)C1CC1.C=C(C(=O)OCC)C(=O)C1CCC1.C=C(C(=O)OCC)C(=O)C1CCCC1.C=C(C(=O)OCC1CCCO1)C(=O)c1ccccc1.C=C(C(C)=O)C(=O)OCCOC.C=C(C(C)=O)C(=O)OCCOC(C)=O.C=CC(=O)OCCOC(=O)C(=C)C(C)=O.CCOC(=O)CC(=O)C1CCCCC1. The van der Waals surface area contributed by atoms with Gasteiger partial charge in [0.15, 0.2) is 52.0 Å². The predicted molar refractivity (Wildman–Crippen MR) is 504 cm³/mol. The Kier molecular flexibility index (Phi) is 73.4. The summed E-state index contributed by atoms with van der Waals surface area (Å²) in [7, 11) is 1.49. The molecular weight excluding hydrogens is 1880 g/mol. The van der Waals surface area contributed by atoms with E-state index in [1.54, 1.807) is 85.7 Å². The van der Waals surface area contributed by atoms with E-state index < -0.39 is 93.6 Å². The maximum atomic E-state index is 12.0. The summed E-state index contributed by atoms with van der Waals surface area (Å²) in [4.78, 5) is 243. The molecule has 0 aromatic heterocycles. The van der Waals surface area contributed by atoms with Crippen molar-refractivity contribution in [2.45, 2.75) is 209 Å². The molecule has 38 heteroatoms. The third-order valence-electron chi connectivity index (χ3n) is 18.4. The number of Topliss-reactive ketones (excluding diaryl/α,β-unsaturated/α-hetero) is 10. The maximum absolute atomic E-state index is 12.0. The minimum atomic E-state index is -0.808. The average Bonchev–Trinajstić information content (AvgIpc) is 1.78. The second-order valence-corrected chi connectivity index (χ2v) is 31.3. The van der Waals surface area contributed by atoms with Gasteiger partial charge in [0.05, 0.1) is 107 Å². The van der Waals surface area contributed by atoms with E-state index in [-0.39, 0.29) is 205 Å². The smallest absolute Gasteiger partial charge is 0.341 e. The van der Waals surface area contributed by atoms with Crippen LogP contribution in [0, 0.1) is 23.7 Å². The molecule has 760 valence electrons. The number of ketones is 10. The molecule has 4 aliphatic carbocycles. The Labute approximate surface area is 814 Å². The van der Waals surface area contributed by atoms with Gasteiger partial charge in [0.25, 0.3) is 0 Å². The Hall–Kier alpha value is -12.4. The molecule has 0 N–H and O–H groups in total. The molecule has 1 aromatic rings. The fraction of sp³-hybridized carbons (Fsp3) is 0.515. The van der Waals surface area contributed by atoms with Crippen molar-refractivity contribution >= 4 is 157 Å². The van der Waals surface area contributed by atoms with Gasteiger partial charge < -0.3 is 66.3 Å². The molecular formula is C99H134BrClO36. The largest absolute Gasteiger partial charge is 0.466 e. The van der Waals surface area contributed by atoms with Gasteiger partial charge >= 0.3 is 71.6 Å². The zero-order chi connectivity index (χ0) is 106. The van der Waals surface area contributed by atoms with Crippen molar-refractivity contribution in [2.24, 2.45) is 23.7 Å². The van der Waals surface area contributed by atoms with Gasteiger partial charge in [0, 0.05) is 56.0 Å². The lowest BCUT2D eigenvalue weighted by molar-refractivity contribution is -0.149. The molecule has 1 aliphatic heterocycles. The third-order valence-corrected chi connectivity index (χ3v) is 19.0. The number of ether oxygens (including phenoxy) is 14. The number of halogens is 2. The van der Waals surface area contributed by atoms with Gasteiger partial charge in [-0.2, -0.15) is 0 Å². The molecule has 0 bridgehead atoms.